The molecular weight excluding hydrogens is 198 g/mol. The van der Waals surface area contributed by atoms with Gasteiger partial charge >= 0.3 is 0 Å². The third-order valence-corrected chi connectivity index (χ3v) is 2.22. The second-order valence-electron chi connectivity index (χ2n) is 3.07. The molecule has 0 aliphatic heterocycles. The maximum absolute atomic E-state index is 10.9. The van der Waals surface area contributed by atoms with Gasteiger partial charge in [0.05, 0.1) is 6.26 Å². The second-order valence-corrected chi connectivity index (χ2v) is 4.82. The molecule has 0 saturated heterocycles. The van der Waals surface area contributed by atoms with E-state index in [1.54, 1.807) is 18.2 Å². The largest absolute Gasteiger partial charge is 0.284 e. The van der Waals surface area contributed by atoms with Crippen molar-refractivity contribution in [3.63, 3.8) is 0 Å². The minimum Gasteiger partial charge on any atom is -0.284 e. The van der Waals surface area contributed by atoms with E-state index in [0.717, 1.165) is 18.2 Å². The Morgan fingerprint density at radius 1 is 1.50 bits per heavy atom. The number of nitrogens with one attached hydrogen (secondary N) is 1. The van der Waals surface area contributed by atoms with Crippen LogP contribution in [0.4, 0.5) is 5.69 Å². The maximum atomic E-state index is 10.9. The van der Waals surface area contributed by atoms with E-state index in [2.05, 4.69) is 11.3 Å². The standard InChI is InChI=1S/C10H13NO2S/c1-3-5-9-6-4-7-10(8-9)11-14(2,12)13/h3-4,6-8,11H,1,5H2,2H3. The average molecular weight is 211 g/mol. The van der Waals surface area contributed by atoms with Crippen LogP contribution in [-0.4, -0.2) is 14.7 Å². The van der Waals surface area contributed by atoms with Crippen molar-refractivity contribution in [3.8, 4) is 0 Å². The molecule has 0 aliphatic rings. The van der Waals surface area contributed by atoms with Crippen LogP contribution >= 0.6 is 0 Å². The Hall–Kier alpha value is -1.29. The molecule has 0 fully saturated rings. The first-order chi connectivity index (χ1) is 6.51. The molecule has 1 rings (SSSR count). The van der Waals surface area contributed by atoms with Crippen molar-refractivity contribution >= 4 is 15.7 Å². The molecule has 1 N–H and O–H groups in total. The average Bonchev–Trinajstić information content (AvgIpc) is 2.02. The first-order valence-electron chi connectivity index (χ1n) is 4.19. The molecule has 0 unspecified atom stereocenters. The normalized spacial score (nSPS) is 10.9. The van der Waals surface area contributed by atoms with Crippen LogP contribution in [0.15, 0.2) is 36.9 Å². The Morgan fingerprint density at radius 3 is 2.79 bits per heavy atom. The number of hydrogen-bond acceptors (Lipinski definition) is 2. The zero-order chi connectivity index (χ0) is 10.6. The predicted molar refractivity (Wildman–Crippen MR) is 58.8 cm³/mol. The van der Waals surface area contributed by atoms with Crippen molar-refractivity contribution in [3.05, 3.63) is 42.5 Å². The van der Waals surface area contributed by atoms with Crippen LogP contribution in [0.3, 0.4) is 0 Å². The molecule has 3 nitrogen and oxygen atoms in total. The monoisotopic (exact) mass is 211 g/mol. The molecule has 0 spiro atoms. The zero-order valence-electron chi connectivity index (χ0n) is 8.03. The van der Waals surface area contributed by atoms with Crippen molar-refractivity contribution < 1.29 is 8.42 Å². The van der Waals surface area contributed by atoms with Crippen LogP contribution in [0.5, 0.6) is 0 Å². The Balaban J connectivity index is 2.88. The fourth-order valence-corrected chi connectivity index (χ4v) is 1.70. The van der Waals surface area contributed by atoms with Gasteiger partial charge in [-0.1, -0.05) is 18.2 Å². The fourth-order valence-electron chi connectivity index (χ4n) is 1.14. The summed E-state index contributed by atoms with van der Waals surface area (Å²) in [6.07, 6.45) is 3.64. The van der Waals surface area contributed by atoms with E-state index in [1.807, 2.05) is 12.1 Å². The van der Waals surface area contributed by atoms with Crippen molar-refractivity contribution in [1.29, 1.82) is 0 Å². The summed E-state index contributed by atoms with van der Waals surface area (Å²) in [6, 6.07) is 7.25. The second kappa shape index (κ2) is 4.28. The van der Waals surface area contributed by atoms with Gasteiger partial charge in [0.15, 0.2) is 0 Å². The van der Waals surface area contributed by atoms with Crippen molar-refractivity contribution in [2.24, 2.45) is 0 Å². The number of rotatable bonds is 4. The molecule has 0 aromatic heterocycles. The summed E-state index contributed by atoms with van der Waals surface area (Å²) < 4.78 is 24.3. The summed E-state index contributed by atoms with van der Waals surface area (Å²) in [7, 11) is -3.18. The highest BCUT2D eigenvalue weighted by molar-refractivity contribution is 7.92. The first-order valence-corrected chi connectivity index (χ1v) is 6.08. The van der Waals surface area contributed by atoms with Gasteiger partial charge in [-0.3, -0.25) is 4.72 Å². The zero-order valence-corrected chi connectivity index (χ0v) is 8.84. The lowest BCUT2D eigenvalue weighted by atomic mass is 10.1. The molecule has 0 bridgehead atoms. The molecule has 0 heterocycles. The maximum Gasteiger partial charge on any atom is 0.229 e. The molecule has 0 radical (unpaired) electrons. The lowest BCUT2D eigenvalue weighted by Crippen LogP contribution is -2.09. The van der Waals surface area contributed by atoms with Gasteiger partial charge in [0.25, 0.3) is 0 Å². The molecule has 1 aromatic carbocycles. The third-order valence-electron chi connectivity index (χ3n) is 1.61. The van der Waals surface area contributed by atoms with E-state index in [4.69, 9.17) is 0 Å². The van der Waals surface area contributed by atoms with Crippen LogP contribution in [0.2, 0.25) is 0 Å². The van der Waals surface area contributed by atoms with Gasteiger partial charge in [0, 0.05) is 5.69 Å². The molecule has 76 valence electrons. The lowest BCUT2D eigenvalue weighted by molar-refractivity contribution is 0.607. The first kappa shape index (κ1) is 10.8. The molecule has 0 aliphatic carbocycles. The number of hydrogen-bond donors (Lipinski definition) is 1. The highest BCUT2D eigenvalue weighted by Crippen LogP contribution is 2.12. The fraction of sp³-hybridized carbons (Fsp3) is 0.200. The molecular formula is C10H13NO2S. The van der Waals surface area contributed by atoms with E-state index in [1.165, 1.54) is 0 Å². The van der Waals surface area contributed by atoms with Crippen LogP contribution < -0.4 is 4.72 Å². The Labute approximate surface area is 84.5 Å². The van der Waals surface area contributed by atoms with Crippen LogP contribution in [0.1, 0.15) is 5.56 Å². The summed E-state index contributed by atoms with van der Waals surface area (Å²) in [5.74, 6) is 0. The number of allylic oxidation sites excluding steroid dienone is 1. The predicted octanol–water partition coefficient (Wildman–Crippen LogP) is 1.79. The van der Waals surface area contributed by atoms with Gasteiger partial charge in [-0.15, -0.1) is 6.58 Å². The van der Waals surface area contributed by atoms with Crippen molar-refractivity contribution in [1.82, 2.24) is 0 Å². The Morgan fingerprint density at radius 2 is 2.21 bits per heavy atom. The summed E-state index contributed by atoms with van der Waals surface area (Å²) >= 11 is 0. The SMILES string of the molecule is C=CCc1cccc(NS(C)(=O)=O)c1. The molecule has 0 amide bonds. The topological polar surface area (TPSA) is 46.2 Å². The highest BCUT2D eigenvalue weighted by Gasteiger charge is 2.01. The molecule has 1 aromatic rings. The van der Waals surface area contributed by atoms with Gasteiger partial charge < -0.3 is 0 Å². The van der Waals surface area contributed by atoms with Crippen LogP contribution in [0, 0.1) is 0 Å². The quantitative estimate of drug-likeness (QED) is 0.772. The van der Waals surface area contributed by atoms with Gasteiger partial charge in [0.2, 0.25) is 10.0 Å². The minimum absolute atomic E-state index is 0.590. The molecule has 4 heteroatoms. The van der Waals surface area contributed by atoms with E-state index in [9.17, 15) is 8.42 Å². The van der Waals surface area contributed by atoms with Gasteiger partial charge in [-0.2, -0.15) is 0 Å². The Bertz CT molecular complexity index is 424. The molecule has 0 atom stereocenters. The summed E-state index contributed by atoms with van der Waals surface area (Å²) in [5, 5.41) is 0. The number of benzene rings is 1. The summed E-state index contributed by atoms with van der Waals surface area (Å²) in [4.78, 5) is 0. The van der Waals surface area contributed by atoms with Gasteiger partial charge in [0.1, 0.15) is 0 Å². The van der Waals surface area contributed by atoms with Gasteiger partial charge in [-0.05, 0) is 24.1 Å². The van der Waals surface area contributed by atoms with Crippen LogP contribution in [-0.2, 0) is 16.4 Å². The molecule has 0 saturated carbocycles. The van der Waals surface area contributed by atoms with E-state index in [0.29, 0.717) is 5.69 Å². The van der Waals surface area contributed by atoms with Crippen molar-refractivity contribution in [2.45, 2.75) is 6.42 Å². The summed E-state index contributed by atoms with van der Waals surface area (Å²) in [5.41, 5.74) is 1.63. The summed E-state index contributed by atoms with van der Waals surface area (Å²) in [6.45, 7) is 3.62. The smallest absolute Gasteiger partial charge is 0.229 e. The van der Waals surface area contributed by atoms with Crippen molar-refractivity contribution in [2.75, 3.05) is 11.0 Å². The third kappa shape index (κ3) is 3.62. The lowest BCUT2D eigenvalue weighted by Gasteiger charge is -2.04. The highest BCUT2D eigenvalue weighted by atomic mass is 32.2. The molecule has 14 heavy (non-hydrogen) atoms. The number of sulfonamides is 1. The Kier molecular flexibility index (Phi) is 3.30. The number of anilines is 1. The van der Waals surface area contributed by atoms with Gasteiger partial charge in [-0.25, -0.2) is 8.42 Å². The van der Waals surface area contributed by atoms with E-state index in [-0.39, 0.29) is 0 Å². The van der Waals surface area contributed by atoms with E-state index < -0.39 is 10.0 Å². The minimum atomic E-state index is -3.18. The van der Waals surface area contributed by atoms with E-state index >= 15 is 0 Å². The van der Waals surface area contributed by atoms with Crippen LogP contribution in [0.25, 0.3) is 0 Å².